The molecule has 0 aliphatic heterocycles. The van der Waals surface area contributed by atoms with Gasteiger partial charge >= 0.3 is 368 Å². The van der Waals surface area contributed by atoms with E-state index in [4.69, 9.17) is 17.0 Å². The first-order valence-corrected chi connectivity index (χ1v) is 44.5. The Hall–Kier alpha value is -1.74. The monoisotopic (exact) mass is 967 g/mol. The fourth-order valence-electron chi connectivity index (χ4n) is 9.96. The summed E-state index contributed by atoms with van der Waals surface area (Å²) in [5.74, 6) is -2.57. The maximum absolute atomic E-state index is 14.4. The Balaban J connectivity index is 1.64. The molecule has 0 heterocycles. The van der Waals surface area contributed by atoms with Crippen LogP contribution >= 0.6 is 17.0 Å². The minimum atomic E-state index is -5.70. The zero-order valence-electron chi connectivity index (χ0n) is 37.7. The number of alkyl halides is 3. The summed E-state index contributed by atoms with van der Waals surface area (Å²) in [6, 6.07) is 31.2. The first-order chi connectivity index (χ1) is 27.0. The molecule has 59 heavy (non-hydrogen) atoms. The number of allylic oxidation sites excluding steroid dienone is 2. The summed E-state index contributed by atoms with van der Waals surface area (Å²) in [4.78, 5) is 0. The van der Waals surface area contributed by atoms with Crippen LogP contribution in [0, 0.1) is 10.8 Å². The fraction of sp³-hybridized carbons (Fsp3) is 0.440. The summed E-state index contributed by atoms with van der Waals surface area (Å²) in [5.41, 5.74) is 11.2. The summed E-state index contributed by atoms with van der Waals surface area (Å²) in [5, 5.41) is 2.81. The molecule has 4 aromatic carbocycles. The minimum absolute atomic E-state index is 0.0285. The van der Waals surface area contributed by atoms with Gasteiger partial charge in [0.1, 0.15) is 0 Å². The first-order valence-electron chi connectivity index (χ1n) is 21.5. The van der Waals surface area contributed by atoms with Gasteiger partial charge in [-0.2, -0.15) is 0 Å². The Bertz CT molecular complexity index is 2120. The van der Waals surface area contributed by atoms with Crippen LogP contribution < -0.4 is 10.4 Å². The van der Waals surface area contributed by atoms with Crippen molar-refractivity contribution in [1.29, 1.82) is 0 Å². The summed E-state index contributed by atoms with van der Waals surface area (Å²) >= 11 is -5.70. The van der Waals surface area contributed by atoms with Crippen molar-refractivity contribution < 1.29 is 28.7 Å². The van der Waals surface area contributed by atoms with Gasteiger partial charge in [0.15, 0.2) is 0 Å². The molecule has 317 valence electrons. The zero-order chi connectivity index (χ0) is 43.7. The zero-order valence-corrected chi connectivity index (χ0v) is 44.8. The van der Waals surface area contributed by atoms with Crippen LogP contribution in [0.3, 0.4) is 0 Å². The van der Waals surface area contributed by atoms with Gasteiger partial charge in [-0.25, -0.2) is 0 Å². The number of benzene rings is 4. The average Bonchev–Trinajstić information content (AvgIpc) is 3.66. The quantitative estimate of drug-likeness (QED) is 0.131. The van der Waals surface area contributed by atoms with Crippen LogP contribution in [-0.2, 0) is 15.6 Å². The van der Waals surface area contributed by atoms with Gasteiger partial charge in [-0.3, -0.25) is 0 Å². The third kappa shape index (κ3) is 9.76. The summed E-state index contributed by atoms with van der Waals surface area (Å²) in [6.45, 7) is 29.8. The van der Waals surface area contributed by atoms with Crippen LogP contribution in [0.5, 0.6) is 0 Å². The van der Waals surface area contributed by atoms with Crippen LogP contribution in [0.15, 0.2) is 96.1 Å². The molecule has 2 aliphatic carbocycles. The van der Waals surface area contributed by atoms with E-state index in [1.165, 1.54) is 21.5 Å². The second kappa shape index (κ2) is 16.1. The van der Waals surface area contributed by atoms with Crippen LogP contribution in [0.25, 0.3) is 34.4 Å². The van der Waals surface area contributed by atoms with Crippen molar-refractivity contribution in [2.24, 2.45) is 10.8 Å². The molecular formula is C50H66Cl2F3Si3Zr. The molecule has 0 fully saturated rings. The molecule has 0 bridgehead atoms. The number of halogens is 5. The first kappa shape index (κ1) is 46.8. The molecule has 0 aromatic heterocycles. The second-order valence-electron chi connectivity index (χ2n) is 22.3. The van der Waals surface area contributed by atoms with Crippen molar-refractivity contribution >= 4 is 61.6 Å². The SMILES string of the molecule is C[SiH](CCC(F)(F)F)[Zr]([Cl])([Cl])([CH]1C(CC(C)(C)C)=Cc2c(-c3ccc([Si](C)(C)C)cc3)cccc21)[CH]1C(CC(C)(C)C)=Cc2c(-c3ccc([Si](C)(C)C)cc3)cccc21. The molecule has 3 atom stereocenters. The maximum atomic E-state index is 14.4. The molecular weight excluding hydrogens is 904 g/mol. The molecule has 0 amide bonds. The van der Waals surface area contributed by atoms with Gasteiger partial charge < -0.3 is 0 Å². The van der Waals surface area contributed by atoms with Gasteiger partial charge in [0.2, 0.25) is 0 Å². The Kier molecular flexibility index (Phi) is 12.8. The third-order valence-electron chi connectivity index (χ3n) is 12.8. The Morgan fingerprint density at radius 1 is 0.576 bits per heavy atom. The van der Waals surface area contributed by atoms with Gasteiger partial charge in [-0.1, -0.05) is 0 Å². The van der Waals surface area contributed by atoms with Crippen LogP contribution in [0.1, 0.15) is 90.3 Å². The van der Waals surface area contributed by atoms with Crippen LogP contribution in [0.2, 0.25) is 51.9 Å². The Morgan fingerprint density at radius 3 is 1.24 bits per heavy atom. The van der Waals surface area contributed by atoms with E-state index in [2.05, 4.69) is 184 Å². The molecule has 0 saturated heterocycles. The van der Waals surface area contributed by atoms with E-state index in [9.17, 15) is 13.2 Å². The molecule has 0 N–H and O–H groups in total. The molecule has 6 rings (SSSR count). The average molecular weight is 970 g/mol. The van der Waals surface area contributed by atoms with Gasteiger partial charge in [0, 0.05) is 0 Å². The van der Waals surface area contributed by atoms with E-state index < -0.39 is 50.2 Å². The van der Waals surface area contributed by atoms with E-state index in [1.807, 2.05) is 0 Å². The molecule has 4 aromatic rings. The van der Waals surface area contributed by atoms with E-state index >= 15 is 0 Å². The van der Waals surface area contributed by atoms with Gasteiger partial charge in [-0.05, 0) is 0 Å². The number of hydrogen-bond donors (Lipinski definition) is 0. The van der Waals surface area contributed by atoms with Crippen molar-refractivity contribution in [3.8, 4) is 22.3 Å². The number of fused-ring (bicyclic) bond motifs is 2. The van der Waals surface area contributed by atoms with Crippen molar-refractivity contribution in [1.82, 2.24) is 0 Å². The van der Waals surface area contributed by atoms with Crippen molar-refractivity contribution in [2.45, 2.75) is 126 Å². The predicted octanol–water partition coefficient (Wildman–Crippen LogP) is 15.9. The normalized spacial score (nSPS) is 18.8. The predicted molar refractivity (Wildman–Crippen MR) is 259 cm³/mol. The standard InChI is InChI=1S/2C23H29Si.C4H8F3Si.2ClH.Zr/c2*1-23(2,3)16-17-14-19-8-7-9-21(22(19)15-17)18-10-12-20(13-11-18)24(4,5)6;1-8-3-2-4(5,6)7;;;/h2*7-15H,16H2,1-6H3;8H,2-3H2,1H3;2*1H;/q;;;;;+2/p-2. The van der Waals surface area contributed by atoms with E-state index in [1.54, 1.807) is 0 Å². The Labute approximate surface area is 364 Å². The third-order valence-corrected chi connectivity index (χ3v) is 67.1. The van der Waals surface area contributed by atoms with E-state index in [-0.39, 0.29) is 24.1 Å². The van der Waals surface area contributed by atoms with Crippen molar-refractivity contribution in [3.63, 3.8) is 0 Å². The molecule has 9 heteroatoms. The number of hydrogen-bond acceptors (Lipinski definition) is 0. The molecule has 0 saturated carbocycles. The van der Waals surface area contributed by atoms with E-state index in [0.717, 1.165) is 57.3 Å². The van der Waals surface area contributed by atoms with Crippen molar-refractivity contribution in [3.05, 3.63) is 118 Å². The van der Waals surface area contributed by atoms with Crippen molar-refractivity contribution in [2.75, 3.05) is 0 Å². The Morgan fingerprint density at radius 2 is 0.932 bits per heavy atom. The van der Waals surface area contributed by atoms with Gasteiger partial charge in [-0.15, -0.1) is 0 Å². The van der Waals surface area contributed by atoms with E-state index in [0.29, 0.717) is 0 Å². The molecule has 2 aliphatic rings. The molecule has 0 nitrogen and oxygen atoms in total. The summed E-state index contributed by atoms with van der Waals surface area (Å²) < 4.78 is 42.5. The molecule has 0 spiro atoms. The molecule has 0 radical (unpaired) electrons. The number of rotatable bonds is 11. The van der Waals surface area contributed by atoms with Crippen LogP contribution in [-0.4, -0.2) is 28.2 Å². The fourth-order valence-corrected chi connectivity index (χ4v) is 52.3. The second-order valence-corrected chi connectivity index (χ2v) is 73.8. The topological polar surface area (TPSA) is 0 Å². The summed E-state index contributed by atoms with van der Waals surface area (Å²) in [6.07, 6.45) is 1.08. The van der Waals surface area contributed by atoms with Gasteiger partial charge in [0.05, 0.1) is 0 Å². The van der Waals surface area contributed by atoms with Gasteiger partial charge in [0.25, 0.3) is 0 Å². The summed E-state index contributed by atoms with van der Waals surface area (Å²) in [7, 11) is 14.8. The molecule has 3 unspecified atom stereocenters. The van der Waals surface area contributed by atoms with Crippen LogP contribution in [0.4, 0.5) is 13.2 Å².